The SMILES string of the molecule is COc1ccc(-c2nc(C)no2)cc1CNc1nccn(C)c1=O. The van der Waals surface area contributed by atoms with Crippen LogP contribution in [0.25, 0.3) is 11.5 Å². The van der Waals surface area contributed by atoms with Crippen molar-refractivity contribution in [3.05, 3.63) is 52.3 Å². The standard InChI is InChI=1S/C16H17N5O3/c1-10-19-15(24-20-10)11-4-5-13(23-3)12(8-11)9-18-14-16(22)21(2)7-6-17-14/h4-8H,9H2,1-3H3,(H,17,18). The predicted octanol–water partition coefficient (Wildman–Crippen LogP) is 1.76. The smallest absolute Gasteiger partial charge is 0.293 e. The summed E-state index contributed by atoms with van der Waals surface area (Å²) < 4.78 is 12.0. The van der Waals surface area contributed by atoms with Crippen molar-refractivity contribution in [1.29, 1.82) is 0 Å². The van der Waals surface area contributed by atoms with E-state index in [2.05, 4.69) is 20.4 Å². The second-order valence-electron chi connectivity index (χ2n) is 5.22. The topological polar surface area (TPSA) is 95.1 Å². The minimum atomic E-state index is -0.194. The maximum absolute atomic E-state index is 12.0. The molecule has 2 heterocycles. The molecule has 0 bridgehead atoms. The third-order valence-corrected chi connectivity index (χ3v) is 3.52. The fraction of sp³-hybridized carbons (Fsp3) is 0.250. The Morgan fingerprint density at radius 2 is 2.21 bits per heavy atom. The number of rotatable bonds is 5. The van der Waals surface area contributed by atoms with E-state index in [0.717, 1.165) is 11.1 Å². The maximum atomic E-state index is 12.0. The lowest BCUT2D eigenvalue weighted by atomic mass is 10.1. The summed E-state index contributed by atoms with van der Waals surface area (Å²) in [5, 5.41) is 6.83. The van der Waals surface area contributed by atoms with E-state index < -0.39 is 0 Å². The van der Waals surface area contributed by atoms with Crippen LogP contribution >= 0.6 is 0 Å². The molecule has 0 saturated heterocycles. The molecular weight excluding hydrogens is 310 g/mol. The molecule has 0 amide bonds. The molecule has 0 fully saturated rings. The van der Waals surface area contributed by atoms with Crippen LogP contribution in [0, 0.1) is 6.92 Å². The van der Waals surface area contributed by atoms with Crippen molar-refractivity contribution in [2.75, 3.05) is 12.4 Å². The highest BCUT2D eigenvalue weighted by molar-refractivity contribution is 5.57. The Morgan fingerprint density at radius 1 is 1.38 bits per heavy atom. The zero-order valence-electron chi connectivity index (χ0n) is 13.6. The van der Waals surface area contributed by atoms with Gasteiger partial charge in [0.05, 0.1) is 7.11 Å². The molecule has 0 atom stereocenters. The first-order valence-corrected chi connectivity index (χ1v) is 7.31. The van der Waals surface area contributed by atoms with Gasteiger partial charge in [0.15, 0.2) is 11.6 Å². The van der Waals surface area contributed by atoms with Crippen molar-refractivity contribution in [1.82, 2.24) is 19.7 Å². The van der Waals surface area contributed by atoms with Crippen LogP contribution < -0.4 is 15.6 Å². The molecule has 0 aliphatic rings. The van der Waals surface area contributed by atoms with Gasteiger partial charge in [-0.15, -0.1) is 0 Å². The van der Waals surface area contributed by atoms with Crippen LogP contribution in [0.4, 0.5) is 5.82 Å². The highest BCUT2D eigenvalue weighted by atomic mass is 16.5. The van der Waals surface area contributed by atoms with Gasteiger partial charge in [-0.1, -0.05) is 5.16 Å². The lowest BCUT2D eigenvalue weighted by molar-refractivity contribution is 0.409. The van der Waals surface area contributed by atoms with Gasteiger partial charge in [0.25, 0.3) is 11.4 Å². The average molecular weight is 327 g/mol. The Labute approximate surface area is 138 Å². The molecule has 0 aliphatic heterocycles. The first-order chi connectivity index (χ1) is 11.6. The van der Waals surface area contributed by atoms with Gasteiger partial charge >= 0.3 is 0 Å². The van der Waals surface area contributed by atoms with E-state index in [1.165, 1.54) is 4.57 Å². The molecule has 8 heteroatoms. The van der Waals surface area contributed by atoms with Gasteiger partial charge in [0.1, 0.15) is 5.75 Å². The summed E-state index contributed by atoms with van der Waals surface area (Å²) >= 11 is 0. The summed E-state index contributed by atoms with van der Waals surface area (Å²) in [6.45, 7) is 2.13. The molecule has 0 spiro atoms. The highest BCUT2D eigenvalue weighted by Crippen LogP contribution is 2.26. The number of aryl methyl sites for hydroxylation is 2. The second-order valence-corrected chi connectivity index (χ2v) is 5.22. The van der Waals surface area contributed by atoms with E-state index >= 15 is 0 Å². The minimum absolute atomic E-state index is 0.194. The van der Waals surface area contributed by atoms with E-state index in [4.69, 9.17) is 9.26 Å². The van der Waals surface area contributed by atoms with Crippen molar-refractivity contribution in [3.8, 4) is 17.2 Å². The molecular formula is C16H17N5O3. The Kier molecular flexibility index (Phi) is 4.28. The number of nitrogens with zero attached hydrogens (tertiary/aromatic N) is 4. The van der Waals surface area contributed by atoms with Gasteiger partial charge in [-0.3, -0.25) is 4.79 Å². The molecule has 2 aromatic heterocycles. The third kappa shape index (κ3) is 3.12. The molecule has 0 aliphatic carbocycles. The van der Waals surface area contributed by atoms with E-state index in [1.807, 2.05) is 18.2 Å². The average Bonchev–Trinajstić information content (AvgIpc) is 3.02. The van der Waals surface area contributed by atoms with Crippen LogP contribution in [0.3, 0.4) is 0 Å². The molecule has 0 radical (unpaired) electrons. The Hall–Kier alpha value is -3.16. The van der Waals surface area contributed by atoms with Crippen LogP contribution in [0.2, 0.25) is 0 Å². The van der Waals surface area contributed by atoms with Gasteiger partial charge < -0.3 is 19.1 Å². The van der Waals surface area contributed by atoms with E-state index in [1.54, 1.807) is 33.5 Å². The van der Waals surface area contributed by atoms with Gasteiger partial charge in [0.2, 0.25) is 0 Å². The van der Waals surface area contributed by atoms with Crippen molar-refractivity contribution in [2.24, 2.45) is 7.05 Å². The molecule has 24 heavy (non-hydrogen) atoms. The molecule has 3 rings (SSSR count). The third-order valence-electron chi connectivity index (χ3n) is 3.52. The number of benzene rings is 1. The Balaban J connectivity index is 1.88. The largest absolute Gasteiger partial charge is 0.496 e. The van der Waals surface area contributed by atoms with Crippen molar-refractivity contribution in [3.63, 3.8) is 0 Å². The zero-order chi connectivity index (χ0) is 17.1. The van der Waals surface area contributed by atoms with Crippen LogP contribution in [0.15, 0.2) is 39.9 Å². The molecule has 0 saturated carbocycles. The molecule has 1 aromatic carbocycles. The van der Waals surface area contributed by atoms with Gasteiger partial charge in [-0.2, -0.15) is 4.98 Å². The van der Waals surface area contributed by atoms with Gasteiger partial charge in [-0.05, 0) is 25.1 Å². The fourth-order valence-corrected chi connectivity index (χ4v) is 2.26. The lowest BCUT2D eigenvalue weighted by Gasteiger charge is -2.11. The summed E-state index contributed by atoms with van der Waals surface area (Å²) in [5.41, 5.74) is 1.43. The van der Waals surface area contributed by atoms with Crippen molar-refractivity contribution < 1.29 is 9.26 Å². The molecule has 0 unspecified atom stereocenters. The van der Waals surface area contributed by atoms with Gasteiger partial charge in [-0.25, -0.2) is 4.98 Å². The van der Waals surface area contributed by atoms with E-state index in [-0.39, 0.29) is 11.4 Å². The summed E-state index contributed by atoms with van der Waals surface area (Å²) in [6, 6.07) is 5.55. The summed E-state index contributed by atoms with van der Waals surface area (Å²) in [7, 11) is 3.27. The number of nitrogens with one attached hydrogen (secondary N) is 1. The van der Waals surface area contributed by atoms with E-state index in [0.29, 0.717) is 24.0 Å². The number of hydrogen-bond acceptors (Lipinski definition) is 7. The minimum Gasteiger partial charge on any atom is -0.496 e. The second kappa shape index (κ2) is 6.53. The summed E-state index contributed by atoms with van der Waals surface area (Å²) in [4.78, 5) is 20.3. The van der Waals surface area contributed by atoms with Crippen LogP contribution in [-0.2, 0) is 13.6 Å². The number of aromatic nitrogens is 4. The van der Waals surface area contributed by atoms with E-state index in [9.17, 15) is 4.79 Å². The number of hydrogen-bond donors (Lipinski definition) is 1. The maximum Gasteiger partial charge on any atom is 0.293 e. The monoisotopic (exact) mass is 327 g/mol. The van der Waals surface area contributed by atoms with Gasteiger partial charge in [0, 0.05) is 37.1 Å². The zero-order valence-corrected chi connectivity index (χ0v) is 13.6. The lowest BCUT2D eigenvalue weighted by Crippen LogP contribution is -2.21. The van der Waals surface area contributed by atoms with Crippen molar-refractivity contribution >= 4 is 5.82 Å². The number of anilines is 1. The summed E-state index contributed by atoms with van der Waals surface area (Å²) in [6.07, 6.45) is 3.17. The molecule has 8 nitrogen and oxygen atoms in total. The number of methoxy groups -OCH3 is 1. The quantitative estimate of drug-likeness (QED) is 0.763. The normalized spacial score (nSPS) is 10.6. The van der Waals surface area contributed by atoms with Crippen LogP contribution in [0.1, 0.15) is 11.4 Å². The first-order valence-electron chi connectivity index (χ1n) is 7.31. The highest BCUT2D eigenvalue weighted by Gasteiger charge is 2.11. The molecule has 124 valence electrons. The Bertz CT molecular complexity index is 916. The van der Waals surface area contributed by atoms with Crippen LogP contribution in [0.5, 0.6) is 5.75 Å². The predicted molar refractivity (Wildman–Crippen MR) is 87.8 cm³/mol. The number of ether oxygens (including phenoxy) is 1. The molecule has 1 N–H and O–H groups in total. The summed E-state index contributed by atoms with van der Waals surface area (Å²) in [5.74, 6) is 1.97. The molecule has 3 aromatic rings. The Morgan fingerprint density at radius 3 is 2.92 bits per heavy atom. The fourth-order valence-electron chi connectivity index (χ4n) is 2.26. The van der Waals surface area contributed by atoms with Crippen molar-refractivity contribution in [2.45, 2.75) is 13.5 Å². The first kappa shape index (κ1) is 15.7. The van der Waals surface area contributed by atoms with Crippen LogP contribution in [-0.4, -0.2) is 26.8 Å².